The van der Waals surface area contributed by atoms with E-state index in [2.05, 4.69) is 0 Å². The zero-order valence-corrected chi connectivity index (χ0v) is 8.72. The summed E-state index contributed by atoms with van der Waals surface area (Å²) in [6.45, 7) is 2.97. The van der Waals surface area contributed by atoms with Crippen LogP contribution in [0, 0.1) is 0 Å². The van der Waals surface area contributed by atoms with Gasteiger partial charge in [0.05, 0.1) is 6.04 Å². The quantitative estimate of drug-likeness (QED) is 0.688. The molecule has 0 aromatic carbocycles. The van der Waals surface area contributed by atoms with Gasteiger partial charge in [0.25, 0.3) is 0 Å². The highest BCUT2D eigenvalue weighted by Gasteiger charge is 2.28. The maximum atomic E-state index is 10.9. The molecular formula is C9H16N2O4. The van der Waals surface area contributed by atoms with Crippen molar-refractivity contribution < 1.29 is 19.8 Å². The van der Waals surface area contributed by atoms with Gasteiger partial charge >= 0.3 is 12.2 Å². The Labute approximate surface area is 88.1 Å². The lowest BCUT2D eigenvalue weighted by atomic mass is 10.2. The number of amides is 2. The SMILES string of the molecule is CCC1CN(C(=O)O)CCCN1C(=O)O. The minimum Gasteiger partial charge on any atom is -0.465 e. The average molecular weight is 216 g/mol. The van der Waals surface area contributed by atoms with Crippen LogP contribution < -0.4 is 0 Å². The van der Waals surface area contributed by atoms with Crippen LogP contribution in [0.4, 0.5) is 9.59 Å². The predicted molar refractivity (Wildman–Crippen MR) is 53.0 cm³/mol. The molecule has 0 spiro atoms. The average Bonchev–Trinajstić information content (AvgIpc) is 2.38. The van der Waals surface area contributed by atoms with Crippen molar-refractivity contribution >= 4 is 12.2 Å². The van der Waals surface area contributed by atoms with Gasteiger partial charge in [-0.05, 0) is 12.8 Å². The van der Waals surface area contributed by atoms with E-state index in [1.54, 1.807) is 0 Å². The van der Waals surface area contributed by atoms with E-state index in [4.69, 9.17) is 10.2 Å². The van der Waals surface area contributed by atoms with Crippen molar-refractivity contribution in [1.82, 2.24) is 9.80 Å². The van der Waals surface area contributed by atoms with Gasteiger partial charge in [-0.1, -0.05) is 6.92 Å². The largest absolute Gasteiger partial charge is 0.465 e. The Morgan fingerprint density at radius 2 is 1.93 bits per heavy atom. The molecule has 0 saturated carbocycles. The third-order valence-corrected chi connectivity index (χ3v) is 2.69. The van der Waals surface area contributed by atoms with E-state index in [0.29, 0.717) is 25.9 Å². The van der Waals surface area contributed by atoms with E-state index >= 15 is 0 Å². The number of carboxylic acid groups (broad SMARTS) is 2. The molecule has 1 fully saturated rings. The zero-order valence-electron chi connectivity index (χ0n) is 8.72. The first-order chi connectivity index (χ1) is 7.06. The Bertz CT molecular complexity index is 256. The summed E-state index contributed by atoms with van der Waals surface area (Å²) < 4.78 is 0. The molecule has 0 aromatic heterocycles. The highest BCUT2D eigenvalue weighted by Crippen LogP contribution is 2.13. The van der Waals surface area contributed by atoms with Crippen LogP contribution in [-0.4, -0.2) is 57.9 Å². The molecule has 6 nitrogen and oxygen atoms in total. The van der Waals surface area contributed by atoms with E-state index in [9.17, 15) is 9.59 Å². The topological polar surface area (TPSA) is 81.1 Å². The Balaban J connectivity index is 2.73. The summed E-state index contributed by atoms with van der Waals surface area (Å²) in [4.78, 5) is 24.3. The highest BCUT2D eigenvalue weighted by atomic mass is 16.4. The van der Waals surface area contributed by atoms with E-state index in [1.165, 1.54) is 9.80 Å². The lowest BCUT2D eigenvalue weighted by molar-refractivity contribution is 0.113. The molecule has 15 heavy (non-hydrogen) atoms. The van der Waals surface area contributed by atoms with Crippen molar-refractivity contribution in [3.05, 3.63) is 0 Å². The molecule has 0 bridgehead atoms. The van der Waals surface area contributed by atoms with Gasteiger partial charge in [-0.3, -0.25) is 0 Å². The fraction of sp³-hybridized carbons (Fsp3) is 0.778. The number of carbonyl (C=O) groups is 2. The van der Waals surface area contributed by atoms with Crippen LogP contribution in [0.5, 0.6) is 0 Å². The van der Waals surface area contributed by atoms with Crippen molar-refractivity contribution in [3.63, 3.8) is 0 Å². The third-order valence-electron chi connectivity index (χ3n) is 2.69. The van der Waals surface area contributed by atoms with Crippen molar-refractivity contribution in [1.29, 1.82) is 0 Å². The summed E-state index contributed by atoms with van der Waals surface area (Å²) in [6.07, 6.45) is -0.736. The summed E-state index contributed by atoms with van der Waals surface area (Å²) in [7, 11) is 0. The van der Waals surface area contributed by atoms with Gasteiger partial charge < -0.3 is 20.0 Å². The van der Waals surface area contributed by atoms with Crippen LogP contribution in [0.25, 0.3) is 0 Å². The maximum absolute atomic E-state index is 10.9. The summed E-state index contributed by atoms with van der Waals surface area (Å²) in [5, 5.41) is 17.8. The molecule has 1 unspecified atom stereocenters. The molecule has 0 aromatic rings. The second kappa shape index (κ2) is 4.86. The standard InChI is InChI=1S/C9H16N2O4/c1-2-7-6-10(8(12)13)4-3-5-11(7)9(14)15/h7H,2-6H2,1H3,(H,12,13)(H,14,15). The molecule has 86 valence electrons. The lowest BCUT2D eigenvalue weighted by Gasteiger charge is -2.27. The Morgan fingerprint density at radius 1 is 1.27 bits per heavy atom. The first kappa shape index (κ1) is 11.6. The maximum Gasteiger partial charge on any atom is 0.407 e. The first-order valence-electron chi connectivity index (χ1n) is 5.03. The van der Waals surface area contributed by atoms with Crippen LogP contribution in [0.1, 0.15) is 19.8 Å². The van der Waals surface area contributed by atoms with Gasteiger partial charge in [0.15, 0.2) is 0 Å². The molecule has 1 heterocycles. The van der Waals surface area contributed by atoms with Crippen LogP contribution in [0.2, 0.25) is 0 Å². The van der Waals surface area contributed by atoms with Gasteiger partial charge in [-0.2, -0.15) is 0 Å². The summed E-state index contributed by atoms with van der Waals surface area (Å²) in [6, 6.07) is -0.221. The highest BCUT2D eigenvalue weighted by molar-refractivity contribution is 5.67. The molecule has 2 amide bonds. The fourth-order valence-corrected chi connectivity index (χ4v) is 1.83. The van der Waals surface area contributed by atoms with Crippen molar-refractivity contribution in [2.24, 2.45) is 0 Å². The fourth-order valence-electron chi connectivity index (χ4n) is 1.83. The van der Waals surface area contributed by atoms with Crippen LogP contribution in [0.3, 0.4) is 0 Å². The van der Waals surface area contributed by atoms with Gasteiger partial charge in [-0.25, -0.2) is 9.59 Å². The molecule has 1 atom stereocenters. The third kappa shape index (κ3) is 2.74. The van der Waals surface area contributed by atoms with Gasteiger partial charge in [0, 0.05) is 19.6 Å². The van der Waals surface area contributed by atoms with Crippen LogP contribution >= 0.6 is 0 Å². The molecule has 0 aliphatic carbocycles. The van der Waals surface area contributed by atoms with E-state index < -0.39 is 12.2 Å². The molecule has 1 aliphatic heterocycles. The van der Waals surface area contributed by atoms with Crippen molar-refractivity contribution in [2.45, 2.75) is 25.8 Å². The van der Waals surface area contributed by atoms with Gasteiger partial charge in [0.2, 0.25) is 0 Å². The lowest BCUT2D eigenvalue weighted by Crippen LogP contribution is -2.44. The molecule has 6 heteroatoms. The molecule has 2 N–H and O–H groups in total. The Kier molecular flexibility index (Phi) is 3.76. The minimum atomic E-state index is -0.972. The van der Waals surface area contributed by atoms with Gasteiger partial charge in [-0.15, -0.1) is 0 Å². The summed E-state index contributed by atoms with van der Waals surface area (Å²) in [5.74, 6) is 0. The van der Waals surface area contributed by atoms with E-state index in [-0.39, 0.29) is 12.6 Å². The monoisotopic (exact) mass is 216 g/mol. The summed E-state index contributed by atoms with van der Waals surface area (Å²) >= 11 is 0. The number of hydrogen-bond donors (Lipinski definition) is 2. The van der Waals surface area contributed by atoms with Crippen LogP contribution in [-0.2, 0) is 0 Å². The van der Waals surface area contributed by atoms with Crippen LogP contribution in [0.15, 0.2) is 0 Å². The summed E-state index contributed by atoms with van der Waals surface area (Å²) in [5.41, 5.74) is 0. The molecule has 1 saturated heterocycles. The second-order valence-electron chi connectivity index (χ2n) is 3.62. The molecular weight excluding hydrogens is 200 g/mol. The normalized spacial score (nSPS) is 22.3. The van der Waals surface area contributed by atoms with Crippen molar-refractivity contribution in [3.8, 4) is 0 Å². The van der Waals surface area contributed by atoms with Gasteiger partial charge in [0.1, 0.15) is 0 Å². The molecule has 1 rings (SSSR count). The smallest absolute Gasteiger partial charge is 0.407 e. The Hall–Kier alpha value is -1.46. The number of hydrogen-bond acceptors (Lipinski definition) is 2. The first-order valence-corrected chi connectivity index (χ1v) is 5.03. The number of nitrogens with zero attached hydrogens (tertiary/aromatic N) is 2. The van der Waals surface area contributed by atoms with E-state index in [1.807, 2.05) is 6.92 Å². The Morgan fingerprint density at radius 3 is 2.40 bits per heavy atom. The zero-order chi connectivity index (χ0) is 11.4. The minimum absolute atomic E-state index is 0.221. The van der Waals surface area contributed by atoms with Crippen molar-refractivity contribution in [2.75, 3.05) is 19.6 Å². The molecule has 1 aliphatic rings. The second-order valence-corrected chi connectivity index (χ2v) is 3.62. The molecule has 0 radical (unpaired) electrons. The predicted octanol–water partition coefficient (Wildman–Crippen LogP) is 1.13. The van der Waals surface area contributed by atoms with E-state index in [0.717, 1.165) is 0 Å². The number of rotatable bonds is 1.